The van der Waals surface area contributed by atoms with Gasteiger partial charge in [-0.15, -0.1) is 0 Å². The predicted molar refractivity (Wildman–Crippen MR) is 83.6 cm³/mol. The summed E-state index contributed by atoms with van der Waals surface area (Å²) in [5.41, 5.74) is 1.22. The van der Waals surface area contributed by atoms with E-state index in [2.05, 4.69) is 31.5 Å². The van der Waals surface area contributed by atoms with Gasteiger partial charge in [0, 0.05) is 12.1 Å². The first-order valence-electron chi connectivity index (χ1n) is 6.59. The molecule has 2 atom stereocenters. The molecule has 0 bridgehead atoms. The monoisotopic (exact) mass is 283 g/mol. The molecule has 2 unspecified atom stereocenters. The molecule has 0 aliphatic carbocycles. The number of benzene rings is 1. The minimum atomic E-state index is 0.302. The van der Waals surface area contributed by atoms with E-state index < -0.39 is 0 Å². The second kappa shape index (κ2) is 8.33. The summed E-state index contributed by atoms with van der Waals surface area (Å²) in [6.07, 6.45) is 3.32. The first-order valence-corrected chi connectivity index (χ1v) is 7.98. The number of nitrogens with one attached hydrogen (secondary N) is 1. The van der Waals surface area contributed by atoms with Crippen molar-refractivity contribution in [2.75, 3.05) is 26.2 Å². The van der Waals surface area contributed by atoms with E-state index in [1.54, 1.807) is 14.2 Å². The molecular weight excluding hydrogens is 258 g/mol. The molecule has 1 aromatic rings. The number of hydrogen-bond donors (Lipinski definition) is 1. The molecule has 0 amide bonds. The maximum Gasteiger partial charge on any atom is 0.161 e. The fraction of sp³-hybridized carbons (Fsp3) is 0.600. The van der Waals surface area contributed by atoms with Crippen LogP contribution in [-0.4, -0.2) is 32.3 Å². The SMILES string of the molecule is COc1ccc(C(C)NC(C)CCSC)cc1OC. The van der Waals surface area contributed by atoms with Gasteiger partial charge in [0.25, 0.3) is 0 Å². The van der Waals surface area contributed by atoms with Crippen LogP contribution in [0, 0.1) is 0 Å². The van der Waals surface area contributed by atoms with Crippen LogP contribution in [-0.2, 0) is 0 Å². The molecular formula is C15H25NO2S. The van der Waals surface area contributed by atoms with E-state index in [4.69, 9.17) is 9.47 Å². The Kier molecular flexibility index (Phi) is 7.10. The molecule has 0 saturated heterocycles. The lowest BCUT2D eigenvalue weighted by Crippen LogP contribution is -2.29. The molecule has 0 saturated carbocycles. The van der Waals surface area contributed by atoms with Gasteiger partial charge in [0.2, 0.25) is 0 Å². The fourth-order valence-corrected chi connectivity index (χ4v) is 2.61. The smallest absolute Gasteiger partial charge is 0.161 e. The highest BCUT2D eigenvalue weighted by Gasteiger charge is 2.12. The van der Waals surface area contributed by atoms with Gasteiger partial charge in [0.15, 0.2) is 11.5 Å². The average Bonchev–Trinajstić information content (AvgIpc) is 2.44. The van der Waals surface area contributed by atoms with Crippen LogP contribution in [0.1, 0.15) is 31.9 Å². The Morgan fingerprint density at radius 2 is 1.84 bits per heavy atom. The molecule has 0 spiro atoms. The molecule has 3 nitrogen and oxygen atoms in total. The summed E-state index contributed by atoms with van der Waals surface area (Å²) in [6, 6.07) is 6.89. The van der Waals surface area contributed by atoms with Crippen molar-refractivity contribution in [2.45, 2.75) is 32.4 Å². The summed E-state index contributed by atoms with van der Waals surface area (Å²) < 4.78 is 10.6. The topological polar surface area (TPSA) is 30.5 Å². The summed E-state index contributed by atoms with van der Waals surface area (Å²) >= 11 is 1.89. The maximum absolute atomic E-state index is 5.34. The zero-order valence-electron chi connectivity index (χ0n) is 12.5. The Hall–Kier alpha value is -0.870. The number of thioether (sulfide) groups is 1. The average molecular weight is 283 g/mol. The molecule has 0 aliphatic rings. The van der Waals surface area contributed by atoms with E-state index >= 15 is 0 Å². The van der Waals surface area contributed by atoms with E-state index in [0.717, 1.165) is 11.5 Å². The van der Waals surface area contributed by atoms with Gasteiger partial charge < -0.3 is 14.8 Å². The fourth-order valence-electron chi connectivity index (χ4n) is 2.02. The molecule has 0 fully saturated rings. The molecule has 4 heteroatoms. The van der Waals surface area contributed by atoms with E-state index in [1.807, 2.05) is 23.9 Å². The molecule has 0 heterocycles. The van der Waals surface area contributed by atoms with E-state index in [-0.39, 0.29) is 0 Å². The molecule has 108 valence electrons. The Bertz CT molecular complexity index is 384. The van der Waals surface area contributed by atoms with E-state index in [0.29, 0.717) is 12.1 Å². The summed E-state index contributed by atoms with van der Waals surface area (Å²) in [4.78, 5) is 0. The van der Waals surface area contributed by atoms with Crippen LogP contribution in [0.4, 0.5) is 0 Å². The molecule has 0 aromatic heterocycles. The highest BCUT2D eigenvalue weighted by molar-refractivity contribution is 7.98. The van der Waals surface area contributed by atoms with Crippen molar-refractivity contribution >= 4 is 11.8 Å². The van der Waals surface area contributed by atoms with Crippen molar-refractivity contribution in [1.82, 2.24) is 5.32 Å². The number of hydrogen-bond acceptors (Lipinski definition) is 4. The predicted octanol–water partition coefficient (Wildman–Crippen LogP) is 3.50. The van der Waals surface area contributed by atoms with Crippen LogP contribution in [0.5, 0.6) is 11.5 Å². The zero-order chi connectivity index (χ0) is 14.3. The zero-order valence-corrected chi connectivity index (χ0v) is 13.3. The normalized spacial score (nSPS) is 13.9. The number of rotatable bonds is 8. The van der Waals surface area contributed by atoms with Crippen LogP contribution in [0.25, 0.3) is 0 Å². The van der Waals surface area contributed by atoms with Crippen LogP contribution < -0.4 is 14.8 Å². The minimum Gasteiger partial charge on any atom is -0.493 e. The summed E-state index contributed by atoms with van der Waals surface area (Å²) in [5.74, 6) is 2.74. The molecule has 1 aromatic carbocycles. The van der Waals surface area contributed by atoms with Gasteiger partial charge in [0.05, 0.1) is 14.2 Å². The Labute approximate surface area is 121 Å². The van der Waals surface area contributed by atoms with E-state index in [1.165, 1.54) is 17.7 Å². The highest BCUT2D eigenvalue weighted by atomic mass is 32.2. The molecule has 1 N–H and O–H groups in total. The van der Waals surface area contributed by atoms with Crippen LogP contribution in [0.2, 0.25) is 0 Å². The van der Waals surface area contributed by atoms with Crippen LogP contribution in [0.15, 0.2) is 18.2 Å². The quantitative estimate of drug-likeness (QED) is 0.791. The minimum absolute atomic E-state index is 0.302. The summed E-state index contributed by atoms with van der Waals surface area (Å²) in [7, 11) is 3.32. The molecule has 0 aliphatic heterocycles. The van der Waals surface area contributed by atoms with Crippen molar-refractivity contribution < 1.29 is 9.47 Å². The van der Waals surface area contributed by atoms with Gasteiger partial charge in [-0.05, 0) is 50.0 Å². The third-order valence-corrected chi connectivity index (χ3v) is 3.84. The first-order chi connectivity index (χ1) is 9.12. The van der Waals surface area contributed by atoms with Gasteiger partial charge in [-0.2, -0.15) is 11.8 Å². The van der Waals surface area contributed by atoms with Crippen molar-refractivity contribution in [3.63, 3.8) is 0 Å². The van der Waals surface area contributed by atoms with Crippen molar-refractivity contribution in [2.24, 2.45) is 0 Å². The van der Waals surface area contributed by atoms with Gasteiger partial charge >= 0.3 is 0 Å². The standard InChI is InChI=1S/C15H25NO2S/c1-11(8-9-19-5)16-12(2)13-6-7-14(17-3)15(10-13)18-4/h6-7,10-12,16H,8-9H2,1-5H3. The van der Waals surface area contributed by atoms with Crippen molar-refractivity contribution in [3.8, 4) is 11.5 Å². The highest BCUT2D eigenvalue weighted by Crippen LogP contribution is 2.30. The lowest BCUT2D eigenvalue weighted by Gasteiger charge is -2.21. The largest absolute Gasteiger partial charge is 0.493 e. The lowest BCUT2D eigenvalue weighted by molar-refractivity contribution is 0.353. The molecule has 19 heavy (non-hydrogen) atoms. The van der Waals surface area contributed by atoms with Crippen molar-refractivity contribution in [3.05, 3.63) is 23.8 Å². The molecule has 1 rings (SSSR count). The lowest BCUT2D eigenvalue weighted by atomic mass is 10.1. The third-order valence-electron chi connectivity index (χ3n) is 3.20. The maximum atomic E-state index is 5.34. The number of methoxy groups -OCH3 is 2. The van der Waals surface area contributed by atoms with Crippen LogP contribution >= 0.6 is 11.8 Å². The first kappa shape index (κ1) is 16.2. The van der Waals surface area contributed by atoms with Crippen LogP contribution in [0.3, 0.4) is 0 Å². The van der Waals surface area contributed by atoms with Crippen molar-refractivity contribution in [1.29, 1.82) is 0 Å². The van der Waals surface area contributed by atoms with Gasteiger partial charge in [-0.25, -0.2) is 0 Å². The second-order valence-corrected chi connectivity index (χ2v) is 5.67. The molecule has 0 radical (unpaired) electrons. The van der Waals surface area contributed by atoms with E-state index in [9.17, 15) is 0 Å². The Balaban J connectivity index is 2.68. The Morgan fingerprint density at radius 3 is 2.42 bits per heavy atom. The third kappa shape index (κ3) is 4.96. The summed E-state index contributed by atoms with van der Waals surface area (Å²) in [5, 5.41) is 3.61. The summed E-state index contributed by atoms with van der Waals surface area (Å²) in [6.45, 7) is 4.41. The van der Waals surface area contributed by atoms with Gasteiger partial charge in [-0.1, -0.05) is 6.07 Å². The van der Waals surface area contributed by atoms with Gasteiger partial charge in [0.1, 0.15) is 0 Å². The Morgan fingerprint density at radius 1 is 1.16 bits per heavy atom. The number of ether oxygens (including phenoxy) is 2. The van der Waals surface area contributed by atoms with Gasteiger partial charge in [-0.3, -0.25) is 0 Å². The second-order valence-electron chi connectivity index (χ2n) is 4.69.